The van der Waals surface area contributed by atoms with Crippen molar-refractivity contribution < 1.29 is 39.9 Å². The van der Waals surface area contributed by atoms with Gasteiger partial charge in [0.1, 0.15) is 0 Å². The predicted molar refractivity (Wildman–Crippen MR) is 111 cm³/mol. The number of carbonyl (C=O) groups is 1. The van der Waals surface area contributed by atoms with E-state index in [2.05, 4.69) is 10.0 Å². The molecule has 180 valence electrons. The Balaban J connectivity index is 1.95. The van der Waals surface area contributed by atoms with Crippen LogP contribution >= 0.6 is 0 Å². The van der Waals surface area contributed by atoms with Crippen molar-refractivity contribution in [1.82, 2.24) is 10.0 Å². The van der Waals surface area contributed by atoms with E-state index in [4.69, 9.17) is 5.11 Å². The lowest BCUT2D eigenvalue weighted by molar-refractivity contribution is -0.139. The third-order valence-corrected chi connectivity index (χ3v) is 8.62. The Morgan fingerprint density at radius 3 is 2.00 bits per heavy atom. The molecule has 1 fully saturated rings. The SMILES string of the molecule is O=C(O)N[C@H]1CC[C@H](NS(=O)(=O)c2cc(S(=O)(=O)c3ccccc3)ccc2C(F)(F)F)CC1. The first-order valence-corrected chi connectivity index (χ1v) is 12.8. The van der Waals surface area contributed by atoms with Crippen molar-refractivity contribution in [2.75, 3.05) is 0 Å². The standard InChI is InChI=1S/C20H21F3N2O6S2/c21-20(22,23)17-11-10-16(32(28,29)15-4-2-1-3-5-15)12-18(17)33(30,31)25-14-8-6-13(7-9-14)24-19(26)27/h1-5,10-14,24-25H,6-9H2,(H,26,27)/t13-,14-. The lowest BCUT2D eigenvalue weighted by Gasteiger charge is -2.29. The zero-order valence-electron chi connectivity index (χ0n) is 17.0. The van der Waals surface area contributed by atoms with Gasteiger partial charge in [-0.05, 0) is 56.0 Å². The van der Waals surface area contributed by atoms with Crippen LogP contribution in [0.25, 0.3) is 0 Å². The fourth-order valence-corrected chi connectivity index (χ4v) is 6.61. The van der Waals surface area contributed by atoms with Crippen molar-refractivity contribution in [3.05, 3.63) is 54.1 Å². The van der Waals surface area contributed by atoms with Crippen LogP contribution in [0.2, 0.25) is 0 Å². The molecule has 2 aromatic rings. The highest BCUT2D eigenvalue weighted by Gasteiger charge is 2.39. The number of nitrogens with one attached hydrogen (secondary N) is 2. The van der Waals surface area contributed by atoms with E-state index in [1.54, 1.807) is 6.07 Å². The summed E-state index contributed by atoms with van der Waals surface area (Å²) in [6.07, 6.45) is -5.25. The van der Waals surface area contributed by atoms with Crippen LogP contribution in [0.15, 0.2) is 63.2 Å². The second-order valence-electron chi connectivity index (χ2n) is 7.59. The van der Waals surface area contributed by atoms with Gasteiger partial charge >= 0.3 is 12.3 Å². The quantitative estimate of drug-likeness (QED) is 0.551. The van der Waals surface area contributed by atoms with E-state index in [0.717, 1.165) is 6.07 Å². The summed E-state index contributed by atoms with van der Waals surface area (Å²) in [5.41, 5.74) is -1.48. The van der Waals surface area contributed by atoms with Gasteiger partial charge in [0.2, 0.25) is 19.9 Å². The van der Waals surface area contributed by atoms with Gasteiger partial charge in [-0.2, -0.15) is 13.2 Å². The van der Waals surface area contributed by atoms with Crippen molar-refractivity contribution in [2.45, 2.75) is 58.6 Å². The van der Waals surface area contributed by atoms with Crippen LogP contribution in [0.1, 0.15) is 31.2 Å². The minimum atomic E-state index is -5.04. The van der Waals surface area contributed by atoms with E-state index in [1.807, 2.05) is 0 Å². The molecule has 0 bridgehead atoms. The molecule has 3 N–H and O–H groups in total. The van der Waals surface area contributed by atoms with Gasteiger partial charge in [-0.15, -0.1) is 0 Å². The smallest absolute Gasteiger partial charge is 0.417 e. The second-order valence-corrected chi connectivity index (χ2v) is 11.2. The van der Waals surface area contributed by atoms with Crippen LogP contribution in [0.3, 0.4) is 0 Å². The molecule has 8 nitrogen and oxygen atoms in total. The molecular weight excluding hydrogens is 485 g/mol. The highest BCUT2D eigenvalue weighted by atomic mass is 32.2. The first-order valence-electron chi connectivity index (χ1n) is 9.84. The minimum Gasteiger partial charge on any atom is -0.465 e. The fourth-order valence-electron chi connectivity index (χ4n) is 3.68. The van der Waals surface area contributed by atoms with Gasteiger partial charge < -0.3 is 10.4 Å². The lowest BCUT2D eigenvalue weighted by Crippen LogP contribution is -2.43. The van der Waals surface area contributed by atoms with Gasteiger partial charge in [0.25, 0.3) is 0 Å². The van der Waals surface area contributed by atoms with Crippen LogP contribution in [0.4, 0.5) is 18.0 Å². The molecule has 3 rings (SSSR count). The van der Waals surface area contributed by atoms with Gasteiger partial charge in [0.15, 0.2) is 0 Å². The summed E-state index contributed by atoms with van der Waals surface area (Å²) in [5, 5.41) is 11.1. The van der Waals surface area contributed by atoms with E-state index in [0.29, 0.717) is 25.0 Å². The van der Waals surface area contributed by atoms with Gasteiger partial charge in [-0.3, -0.25) is 0 Å². The molecule has 0 saturated heterocycles. The van der Waals surface area contributed by atoms with E-state index in [-0.39, 0.29) is 23.8 Å². The summed E-state index contributed by atoms with van der Waals surface area (Å²) in [6.45, 7) is 0. The predicted octanol–water partition coefficient (Wildman–Crippen LogP) is 3.40. The number of hydrogen-bond acceptors (Lipinski definition) is 5. The zero-order chi connectivity index (χ0) is 24.4. The number of sulfonamides is 1. The molecule has 2 aromatic carbocycles. The summed E-state index contributed by atoms with van der Waals surface area (Å²) in [4.78, 5) is 8.77. The molecule has 0 unspecified atom stereocenters. The van der Waals surface area contributed by atoms with Crippen LogP contribution in [-0.4, -0.2) is 40.1 Å². The molecule has 1 amide bonds. The van der Waals surface area contributed by atoms with Crippen LogP contribution in [-0.2, 0) is 26.0 Å². The largest absolute Gasteiger partial charge is 0.465 e. The average molecular weight is 507 g/mol. The van der Waals surface area contributed by atoms with Crippen LogP contribution in [0, 0.1) is 0 Å². The highest BCUT2D eigenvalue weighted by Crippen LogP contribution is 2.36. The Kier molecular flexibility index (Phi) is 7.05. The molecule has 33 heavy (non-hydrogen) atoms. The summed E-state index contributed by atoms with van der Waals surface area (Å²) in [5.74, 6) is 0. The molecule has 0 radical (unpaired) electrons. The molecule has 0 aliphatic heterocycles. The molecule has 0 spiro atoms. The molecule has 0 heterocycles. The lowest BCUT2D eigenvalue weighted by atomic mass is 9.92. The van der Waals surface area contributed by atoms with E-state index in [9.17, 15) is 34.8 Å². The zero-order valence-corrected chi connectivity index (χ0v) is 18.7. The third-order valence-electron chi connectivity index (χ3n) is 5.29. The van der Waals surface area contributed by atoms with Crippen molar-refractivity contribution in [1.29, 1.82) is 0 Å². The van der Waals surface area contributed by atoms with E-state index >= 15 is 0 Å². The van der Waals surface area contributed by atoms with Gasteiger partial charge in [-0.1, -0.05) is 18.2 Å². The Morgan fingerprint density at radius 1 is 0.879 bits per heavy atom. The topological polar surface area (TPSA) is 130 Å². The number of sulfone groups is 1. The maximum atomic E-state index is 13.6. The Bertz CT molecular complexity index is 1220. The van der Waals surface area contributed by atoms with Crippen molar-refractivity contribution >= 4 is 26.0 Å². The molecular formula is C20H21F3N2O6S2. The molecule has 0 aromatic heterocycles. The van der Waals surface area contributed by atoms with E-state index in [1.165, 1.54) is 24.3 Å². The first-order chi connectivity index (χ1) is 15.3. The fraction of sp³-hybridized carbons (Fsp3) is 0.350. The molecule has 1 aliphatic rings. The van der Waals surface area contributed by atoms with Gasteiger partial charge in [0, 0.05) is 12.1 Å². The monoisotopic (exact) mass is 506 g/mol. The minimum absolute atomic E-state index is 0.190. The average Bonchev–Trinajstić information content (AvgIpc) is 2.74. The van der Waals surface area contributed by atoms with E-state index < -0.39 is 53.5 Å². The molecule has 0 atom stereocenters. The Labute approximate surface area is 188 Å². The van der Waals surface area contributed by atoms with Crippen LogP contribution in [0.5, 0.6) is 0 Å². The van der Waals surface area contributed by atoms with Gasteiger partial charge in [-0.25, -0.2) is 26.4 Å². The van der Waals surface area contributed by atoms with Crippen molar-refractivity contribution in [3.63, 3.8) is 0 Å². The summed E-state index contributed by atoms with van der Waals surface area (Å²) < 4.78 is 94.5. The number of alkyl halides is 3. The van der Waals surface area contributed by atoms with Crippen molar-refractivity contribution in [2.24, 2.45) is 0 Å². The Morgan fingerprint density at radius 2 is 1.45 bits per heavy atom. The highest BCUT2D eigenvalue weighted by molar-refractivity contribution is 7.91. The van der Waals surface area contributed by atoms with Gasteiger partial charge in [0.05, 0.1) is 20.2 Å². The maximum Gasteiger partial charge on any atom is 0.417 e. The number of hydrogen-bond donors (Lipinski definition) is 3. The number of halogens is 3. The second kappa shape index (κ2) is 9.31. The first kappa shape index (κ1) is 25.0. The number of amides is 1. The normalized spacial score (nSPS) is 19.7. The summed E-state index contributed by atoms with van der Waals surface area (Å²) in [7, 11) is -9.01. The number of carboxylic acid groups (broad SMARTS) is 1. The summed E-state index contributed by atoms with van der Waals surface area (Å²) in [6, 6.07) is 7.53. The Hall–Kier alpha value is -2.64. The van der Waals surface area contributed by atoms with Crippen LogP contribution < -0.4 is 10.0 Å². The summed E-state index contributed by atoms with van der Waals surface area (Å²) >= 11 is 0. The molecule has 1 saturated carbocycles. The molecule has 1 aliphatic carbocycles. The number of rotatable bonds is 6. The molecule has 13 heteroatoms. The third kappa shape index (κ3) is 5.84. The number of benzene rings is 2. The van der Waals surface area contributed by atoms with Crippen molar-refractivity contribution in [3.8, 4) is 0 Å². The maximum absolute atomic E-state index is 13.6.